The van der Waals surface area contributed by atoms with Crippen molar-refractivity contribution in [2.24, 2.45) is 0 Å². The second kappa shape index (κ2) is 15.6. The van der Waals surface area contributed by atoms with Crippen LogP contribution in [0.5, 0.6) is 0 Å². The summed E-state index contributed by atoms with van der Waals surface area (Å²) in [6.45, 7) is 2.24. The molecule has 0 saturated heterocycles. The van der Waals surface area contributed by atoms with Crippen molar-refractivity contribution in [3.63, 3.8) is 0 Å². The molecule has 0 aromatic heterocycles. The Bertz CT molecular complexity index is 429. The fourth-order valence-electron chi connectivity index (χ4n) is 2.50. The predicted molar refractivity (Wildman–Crippen MR) is 97.1 cm³/mol. The Morgan fingerprint density at radius 1 is 0.833 bits per heavy atom. The number of hydrogen-bond acceptors (Lipinski definition) is 4. The molecule has 0 aliphatic carbocycles. The molecule has 5 nitrogen and oxygen atoms in total. The quantitative estimate of drug-likeness (QED) is 0.227. The minimum atomic E-state index is -4.65. The number of unbranched alkanes of at least 4 members (excludes halogenated alkanes) is 11. The van der Waals surface area contributed by atoms with E-state index in [4.69, 9.17) is 4.55 Å². The Hall–Kier alpha value is -0.880. The van der Waals surface area contributed by atoms with E-state index in [1.807, 2.05) is 0 Å². The van der Waals surface area contributed by atoms with Crippen LogP contribution in [0, 0.1) is 0 Å². The van der Waals surface area contributed by atoms with Crippen LogP contribution < -0.4 is 0 Å². The van der Waals surface area contributed by atoms with Gasteiger partial charge in [-0.1, -0.05) is 70.4 Å². The maximum atomic E-state index is 11.0. The van der Waals surface area contributed by atoms with Gasteiger partial charge < -0.3 is 4.18 Å². The maximum absolute atomic E-state index is 11.0. The molecular formula is C18H34O5S. The smallest absolute Gasteiger partial charge is 0.325 e. The molecule has 0 rings (SSSR count). The summed E-state index contributed by atoms with van der Waals surface area (Å²) in [7, 11) is -4.65. The van der Waals surface area contributed by atoms with E-state index in [2.05, 4.69) is 23.3 Å². The molecule has 6 heteroatoms. The van der Waals surface area contributed by atoms with E-state index in [1.54, 1.807) is 0 Å². The van der Waals surface area contributed by atoms with Gasteiger partial charge in [0.2, 0.25) is 0 Å². The van der Waals surface area contributed by atoms with Crippen LogP contribution in [0.4, 0.5) is 0 Å². The third-order valence-corrected chi connectivity index (χ3v) is 4.24. The number of allylic oxidation sites excluding steroid dienone is 2. The van der Waals surface area contributed by atoms with Gasteiger partial charge in [0, 0.05) is 6.42 Å². The lowest BCUT2D eigenvalue weighted by atomic mass is 10.1. The summed E-state index contributed by atoms with van der Waals surface area (Å²) in [6.07, 6.45) is 19.6. The molecular weight excluding hydrogens is 328 g/mol. The van der Waals surface area contributed by atoms with Gasteiger partial charge >= 0.3 is 16.4 Å². The minimum Gasteiger partial charge on any atom is -0.325 e. The third kappa shape index (κ3) is 19.2. The van der Waals surface area contributed by atoms with Gasteiger partial charge in [0.1, 0.15) is 0 Å². The molecule has 0 aliphatic heterocycles. The monoisotopic (exact) mass is 362 g/mol. The number of rotatable bonds is 16. The van der Waals surface area contributed by atoms with Crippen molar-refractivity contribution in [1.82, 2.24) is 0 Å². The van der Waals surface area contributed by atoms with E-state index in [0.717, 1.165) is 32.1 Å². The summed E-state index contributed by atoms with van der Waals surface area (Å²) in [5.41, 5.74) is 0. The van der Waals surface area contributed by atoms with Gasteiger partial charge in [-0.05, 0) is 32.1 Å². The van der Waals surface area contributed by atoms with Gasteiger partial charge in [-0.15, -0.1) is 0 Å². The van der Waals surface area contributed by atoms with E-state index in [-0.39, 0.29) is 6.42 Å². The van der Waals surface area contributed by atoms with Crippen LogP contribution in [0.15, 0.2) is 12.2 Å². The van der Waals surface area contributed by atoms with Crippen LogP contribution >= 0.6 is 0 Å². The van der Waals surface area contributed by atoms with Gasteiger partial charge in [-0.25, -0.2) is 0 Å². The molecule has 0 spiro atoms. The van der Waals surface area contributed by atoms with Gasteiger partial charge in [0.15, 0.2) is 0 Å². The average molecular weight is 363 g/mol. The summed E-state index contributed by atoms with van der Waals surface area (Å²) < 4.78 is 32.8. The normalized spacial score (nSPS) is 11.9. The summed E-state index contributed by atoms with van der Waals surface area (Å²) in [4.78, 5) is 11.0. The molecule has 0 radical (unpaired) electrons. The third-order valence-electron chi connectivity index (χ3n) is 3.84. The zero-order valence-corrected chi connectivity index (χ0v) is 15.9. The Morgan fingerprint density at radius 2 is 1.29 bits per heavy atom. The Kier molecular flexibility index (Phi) is 15.1. The van der Waals surface area contributed by atoms with Crippen LogP contribution in [0.2, 0.25) is 0 Å². The topological polar surface area (TPSA) is 80.7 Å². The second-order valence-electron chi connectivity index (χ2n) is 6.22. The molecule has 142 valence electrons. The SMILES string of the molecule is CCCCCCCC/C=C/CCCCCCCC(=O)OS(=O)(=O)O. The molecule has 0 fully saturated rings. The highest BCUT2D eigenvalue weighted by atomic mass is 32.3. The van der Waals surface area contributed by atoms with Gasteiger partial charge in [0.05, 0.1) is 0 Å². The molecule has 0 atom stereocenters. The van der Waals surface area contributed by atoms with Crippen molar-refractivity contribution < 1.29 is 21.9 Å². The van der Waals surface area contributed by atoms with Gasteiger partial charge in [0.25, 0.3) is 0 Å². The minimum absolute atomic E-state index is 0.0257. The van der Waals surface area contributed by atoms with E-state index < -0.39 is 16.4 Å². The van der Waals surface area contributed by atoms with E-state index in [9.17, 15) is 13.2 Å². The van der Waals surface area contributed by atoms with Gasteiger partial charge in [-0.2, -0.15) is 8.42 Å². The Balaban J connectivity index is 3.27. The fraction of sp³-hybridized carbons (Fsp3) is 0.833. The molecule has 0 aliphatic rings. The molecule has 0 aromatic rings. The highest BCUT2D eigenvalue weighted by Crippen LogP contribution is 2.10. The first-order chi connectivity index (χ1) is 11.5. The van der Waals surface area contributed by atoms with Crippen LogP contribution in [0.3, 0.4) is 0 Å². The summed E-state index contributed by atoms with van der Waals surface area (Å²) >= 11 is 0. The second-order valence-corrected chi connectivity index (χ2v) is 7.24. The lowest BCUT2D eigenvalue weighted by Gasteiger charge is -2.01. The number of carbonyl (C=O) groups excluding carboxylic acids is 1. The largest absolute Gasteiger partial charge is 0.448 e. The zero-order valence-electron chi connectivity index (χ0n) is 15.0. The van der Waals surface area contributed by atoms with Crippen molar-refractivity contribution in [3.05, 3.63) is 12.2 Å². The van der Waals surface area contributed by atoms with E-state index in [1.165, 1.54) is 44.9 Å². The molecule has 0 saturated carbocycles. The van der Waals surface area contributed by atoms with Crippen LogP contribution in [-0.4, -0.2) is 18.9 Å². The van der Waals surface area contributed by atoms with Crippen LogP contribution in [0.1, 0.15) is 96.8 Å². The van der Waals surface area contributed by atoms with Crippen LogP contribution in [0.25, 0.3) is 0 Å². The Labute approximate surface area is 147 Å². The standard InChI is InChI=1S/C18H34O5S/c1-2-3-4-5-6-7-8-9-10-11-12-13-14-15-16-17-18(19)23-24(20,21)22/h9-10H,2-8,11-17H2,1H3,(H,20,21,22)/b10-9+. The predicted octanol–water partition coefficient (Wildman–Crippen LogP) is 5.37. The van der Waals surface area contributed by atoms with Crippen molar-refractivity contribution in [2.45, 2.75) is 96.8 Å². The first-order valence-corrected chi connectivity index (χ1v) is 10.7. The van der Waals surface area contributed by atoms with E-state index >= 15 is 0 Å². The highest BCUT2D eigenvalue weighted by molar-refractivity contribution is 7.81. The first kappa shape index (κ1) is 23.1. The lowest BCUT2D eigenvalue weighted by Crippen LogP contribution is -2.11. The highest BCUT2D eigenvalue weighted by Gasteiger charge is 2.12. The molecule has 1 N–H and O–H groups in total. The molecule has 0 aromatic carbocycles. The molecule has 0 bridgehead atoms. The van der Waals surface area contributed by atoms with Crippen molar-refractivity contribution >= 4 is 16.4 Å². The first-order valence-electron chi connectivity index (χ1n) is 9.30. The van der Waals surface area contributed by atoms with Crippen molar-refractivity contribution in [1.29, 1.82) is 0 Å². The fourth-order valence-corrected chi connectivity index (χ4v) is 2.82. The summed E-state index contributed by atoms with van der Waals surface area (Å²) in [6, 6.07) is 0. The summed E-state index contributed by atoms with van der Waals surface area (Å²) in [5, 5.41) is 0. The molecule has 0 heterocycles. The average Bonchev–Trinajstić information content (AvgIpc) is 2.49. The molecule has 0 amide bonds. The Morgan fingerprint density at radius 3 is 1.79 bits per heavy atom. The molecule has 24 heavy (non-hydrogen) atoms. The number of hydrogen-bond donors (Lipinski definition) is 1. The summed E-state index contributed by atoms with van der Waals surface area (Å²) in [5.74, 6) is -0.893. The molecule has 0 unspecified atom stereocenters. The lowest BCUT2D eigenvalue weighted by molar-refractivity contribution is -0.134. The zero-order chi connectivity index (χ0) is 18.1. The van der Waals surface area contributed by atoms with Crippen LogP contribution in [-0.2, 0) is 19.4 Å². The van der Waals surface area contributed by atoms with E-state index in [0.29, 0.717) is 6.42 Å². The maximum Gasteiger partial charge on any atom is 0.448 e. The van der Waals surface area contributed by atoms with Crippen molar-refractivity contribution in [3.8, 4) is 0 Å². The van der Waals surface area contributed by atoms with Gasteiger partial charge in [-0.3, -0.25) is 9.35 Å². The van der Waals surface area contributed by atoms with Crippen molar-refractivity contribution in [2.75, 3.05) is 0 Å². The number of carbonyl (C=O) groups is 1.